The molecule has 2 amide bonds. The summed E-state index contributed by atoms with van der Waals surface area (Å²) in [7, 11) is 0. The van der Waals surface area contributed by atoms with Crippen LogP contribution in [0.15, 0.2) is 53.0 Å². The van der Waals surface area contributed by atoms with Gasteiger partial charge in [-0.25, -0.2) is 0 Å². The quantitative estimate of drug-likeness (QED) is 0.724. The zero-order valence-electron chi connectivity index (χ0n) is 14.3. The molecule has 1 aliphatic carbocycles. The lowest BCUT2D eigenvalue weighted by atomic mass is 9.86. The summed E-state index contributed by atoms with van der Waals surface area (Å²) in [5.74, 6) is -0.443. The van der Waals surface area contributed by atoms with Gasteiger partial charge in [0, 0.05) is 9.89 Å². The number of hydrogen-bond donors (Lipinski definition) is 0. The maximum atomic E-state index is 13.0. The van der Waals surface area contributed by atoms with Crippen molar-refractivity contribution in [1.29, 1.82) is 0 Å². The number of imide groups is 1. The number of fused-ring (bicyclic) bond motifs is 1. The molecule has 1 heterocycles. The van der Waals surface area contributed by atoms with Crippen LogP contribution in [0.5, 0.6) is 0 Å². The molecular weight excluding hydrogens is 378 g/mol. The Hall–Kier alpha value is -1.94. The molecule has 3 nitrogen and oxygen atoms in total. The molecule has 1 aliphatic heterocycles. The maximum absolute atomic E-state index is 13.0. The summed E-state index contributed by atoms with van der Waals surface area (Å²) in [5, 5.41) is 0. The molecule has 0 spiro atoms. The molecule has 128 valence electrons. The standard InChI is InChI=1S/C21H20BrNO2/c1-3-21(15-9-13(2)10-16(22)11-15)17-18(21)20(25)23(19(17)24)12-14-7-5-4-6-8-14/h4-11,17-18H,3,12H2,1-2H3/t17-,18+,21?. The maximum Gasteiger partial charge on any atom is 0.234 e. The fraction of sp³-hybridized carbons (Fsp3) is 0.333. The lowest BCUT2D eigenvalue weighted by Crippen LogP contribution is -2.38. The van der Waals surface area contributed by atoms with Gasteiger partial charge in [0.05, 0.1) is 18.4 Å². The van der Waals surface area contributed by atoms with E-state index in [0.29, 0.717) is 6.54 Å². The third kappa shape index (κ3) is 2.38. The largest absolute Gasteiger partial charge is 0.278 e. The van der Waals surface area contributed by atoms with Crippen molar-refractivity contribution in [3.05, 3.63) is 69.7 Å². The highest BCUT2D eigenvalue weighted by molar-refractivity contribution is 9.10. The number of likely N-dealkylation sites (tertiary alicyclic amines) is 1. The van der Waals surface area contributed by atoms with Crippen LogP contribution in [0.3, 0.4) is 0 Å². The molecule has 1 saturated heterocycles. The highest BCUT2D eigenvalue weighted by atomic mass is 79.9. The molecule has 3 atom stereocenters. The van der Waals surface area contributed by atoms with Crippen LogP contribution in [0.4, 0.5) is 0 Å². The van der Waals surface area contributed by atoms with E-state index in [9.17, 15) is 9.59 Å². The number of carbonyl (C=O) groups is 2. The van der Waals surface area contributed by atoms with Gasteiger partial charge in [-0.2, -0.15) is 0 Å². The number of nitrogens with zero attached hydrogens (tertiary/aromatic N) is 1. The Kier molecular flexibility index (Phi) is 3.84. The van der Waals surface area contributed by atoms with E-state index in [0.717, 1.165) is 27.6 Å². The Labute approximate surface area is 156 Å². The van der Waals surface area contributed by atoms with Crippen molar-refractivity contribution in [2.75, 3.05) is 0 Å². The molecule has 2 aliphatic rings. The fourth-order valence-electron chi connectivity index (χ4n) is 4.54. The molecule has 4 heteroatoms. The van der Waals surface area contributed by atoms with Gasteiger partial charge < -0.3 is 0 Å². The summed E-state index contributed by atoms with van der Waals surface area (Å²) in [4.78, 5) is 27.4. The predicted octanol–water partition coefficient (Wildman–Crippen LogP) is 4.22. The van der Waals surface area contributed by atoms with E-state index < -0.39 is 0 Å². The van der Waals surface area contributed by atoms with Gasteiger partial charge in [0.15, 0.2) is 0 Å². The van der Waals surface area contributed by atoms with Crippen molar-refractivity contribution in [3.8, 4) is 0 Å². The first kappa shape index (κ1) is 16.5. The van der Waals surface area contributed by atoms with Crippen molar-refractivity contribution in [2.24, 2.45) is 11.8 Å². The van der Waals surface area contributed by atoms with Crippen LogP contribution in [0.1, 0.15) is 30.0 Å². The summed E-state index contributed by atoms with van der Waals surface area (Å²) < 4.78 is 1.00. The van der Waals surface area contributed by atoms with Crippen molar-refractivity contribution in [2.45, 2.75) is 32.2 Å². The number of piperidine rings is 1. The second-order valence-electron chi connectivity index (χ2n) is 7.11. The Morgan fingerprint density at radius 1 is 1.04 bits per heavy atom. The minimum atomic E-state index is -0.324. The van der Waals surface area contributed by atoms with Crippen LogP contribution in [0.2, 0.25) is 0 Å². The van der Waals surface area contributed by atoms with Crippen LogP contribution in [0, 0.1) is 18.8 Å². The van der Waals surface area contributed by atoms with Gasteiger partial charge in [0.1, 0.15) is 0 Å². The Morgan fingerprint density at radius 3 is 2.24 bits per heavy atom. The summed E-state index contributed by atoms with van der Waals surface area (Å²) in [6.45, 7) is 4.50. The summed E-state index contributed by atoms with van der Waals surface area (Å²) in [6, 6.07) is 15.9. The average molecular weight is 398 g/mol. The van der Waals surface area contributed by atoms with Gasteiger partial charge in [-0.3, -0.25) is 14.5 Å². The van der Waals surface area contributed by atoms with E-state index in [4.69, 9.17) is 0 Å². The smallest absolute Gasteiger partial charge is 0.234 e. The zero-order chi connectivity index (χ0) is 17.8. The number of halogens is 1. The fourth-order valence-corrected chi connectivity index (χ4v) is 5.15. The minimum Gasteiger partial charge on any atom is -0.278 e. The Morgan fingerprint density at radius 2 is 1.68 bits per heavy atom. The number of hydrogen-bond acceptors (Lipinski definition) is 2. The van der Waals surface area contributed by atoms with E-state index in [-0.39, 0.29) is 29.1 Å². The Balaban J connectivity index is 1.65. The van der Waals surface area contributed by atoms with Crippen molar-refractivity contribution in [3.63, 3.8) is 0 Å². The van der Waals surface area contributed by atoms with Crippen LogP contribution in [-0.2, 0) is 21.5 Å². The molecule has 0 radical (unpaired) electrons. The van der Waals surface area contributed by atoms with Crippen molar-refractivity contribution in [1.82, 2.24) is 4.90 Å². The van der Waals surface area contributed by atoms with Crippen molar-refractivity contribution >= 4 is 27.7 Å². The first-order valence-electron chi connectivity index (χ1n) is 8.66. The number of aryl methyl sites for hydroxylation is 1. The molecule has 0 N–H and O–H groups in total. The normalized spacial score (nSPS) is 27.6. The van der Waals surface area contributed by atoms with E-state index >= 15 is 0 Å². The third-order valence-corrected chi connectivity index (χ3v) is 6.20. The second-order valence-corrected chi connectivity index (χ2v) is 8.03. The number of rotatable bonds is 4. The van der Waals surface area contributed by atoms with E-state index in [1.54, 1.807) is 0 Å². The van der Waals surface area contributed by atoms with E-state index in [1.807, 2.05) is 37.3 Å². The van der Waals surface area contributed by atoms with Crippen LogP contribution in [0.25, 0.3) is 0 Å². The molecule has 0 aromatic heterocycles. The molecule has 25 heavy (non-hydrogen) atoms. The first-order valence-corrected chi connectivity index (χ1v) is 9.45. The number of benzene rings is 2. The zero-order valence-corrected chi connectivity index (χ0v) is 15.9. The lowest BCUT2D eigenvalue weighted by molar-refractivity contribution is -0.143. The molecule has 1 saturated carbocycles. The molecule has 2 fully saturated rings. The van der Waals surface area contributed by atoms with E-state index in [1.165, 1.54) is 4.90 Å². The predicted molar refractivity (Wildman–Crippen MR) is 99.8 cm³/mol. The summed E-state index contributed by atoms with van der Waals surface area (Å²) in [6.07, 6.45) is 0.800. The van der Waals surface area contributed by atoms with Gasteiger partial charge in [0.25, 0.3) is 0 Å². The summed E-state index contributed by atoms with van der Waals surface area (Å²) in [5.41, 5.74) is 2.92. The van der Waals surface area contributed by atoms with Crippen LogP contribution >= 0.6 is 15.9 Å². The monoisotopic (exact) mass is 397 g/mol. The first-order chi connectivity index (χ1) is 12.0. The molecule has 2 aromatic rings. The highest BCUT2D eigenvalue weighted by Gasteiger charge is 2.76. The molecule has 4 rings (SSSR count). The topological polar surface area (TPSA) is 37.4 Å². The van der Waals surface area contributed by atoms with Gasteiger partial charge in [0.2, 0.25) is 11.8 Å². The lowest BCUT2D eigenvalue weighted by Gasteiger charge is -2.25. The van der Waals surface area contributed by atoms with Crippen LogP contribution in [-0.4, -0.2) is 16.7 Å². The minimum absolute atomic E-state index is 0.0154. The van der Waals surface area contributed by atoms with Crippen LogP contribution < -0.4 is 0 Å². The summed E-state index contributed by atoms with van der Waals surface area (Å²) >= 11 is 3.55. The molecule has 0 bridgehead atoms. The SMILES string of the molecule is CCC1(c2cc(C)cc(Br)c2)[C@@H]2C(=O)N(Cc3ccccc3)C(=O)[C@@H]21. The number of amides is 2. The van der Waals surface area contributed by atoms with Gasteiger partial charge >= 0.3 is 0 Å². The van der Waals surface area contributed by atoms with Gasteiger partial charge in [-0.1, -0.05) is 59.3 Å². The molecule has 2 aromatic carbocycles. The van der Waals surface area contributed by atoms with E-state index in [2.05, 4.69) is 41.1 Å². The molecule has 1 unspecified atom stereocenters. The number of carbonyl (C=O) groups excluding carboxylic acids is 2. The van der Waals surface area contributed by atoms with Gasteiger partial charge in [-0.05, 0) is 42.2 Å². The highest BCUT2D eigenvalue weighted by Crippen LogP contribution is 2.66. The average Bonchev–Trinajstić information content (AvgIpc) is 3.22. The third-order valence-electron chi connectivity index (χ3n) is 5.75. The van der Waals surface area contributed by atoms with Gasteiger partial charge in [-0.15, -0.1) is 0 Å². The molecular formula is C21H20BrNO2. The van der Waals surface area contributed by atoms with Crippen molar-refractivity contribution < 1.29 is 9.59 Å². The second kappa shape index (κ2) is 5.80. The Bertz CT molecular complexity index is 819.